The van der Waals surface area contributed by atoms with E-state index in [-0.39, 0.29) is 24.1 Å². The van der Waals surface area contributed by atoms with Crippen LogP contribution < -0.4 is 10.6 Å². The molecule has 0 atom stereocenters. The Morgan fingerprint density at radius 3 is 2.46 bits per heavy atom. The number of rotatable bonds is 4. The minimum atomic E-state index is -0.678. The maximum absolute atomic E-state index is 11.8. The van der Waals surface area contributed by atoms with E-state index in [1.54, 1.807) is 20.8 Å². The van der Waals surface area contributed by atoms with Gasteiger partial charge in [0.05, 0.1) is 12.5 Å². The highest BCUT2D eigenvalue weighted by Gasteiger charge is 2.18. The topological polar surface area (TPSA) is 113 Å². The molecular formula is C16H18N6O2. The fourth-order valence-electron chi connectivity index (χ4n) is 1.73. The zero-order valence-electron chi connectivity index (χ0n) is 13.7. The van der Waals surface area contributed by atoms with Crippen molar-refractivity contribution in [2.45, 2.75) is 32.8 Å². The van der Waals surface area contributed by atoms with Crippen molar-refractivity contribution in [1.29, 1.82) is 5.26 Å². The first kappa shape index (κ1) is 17.1. The summed E-state index contributed by atoms with van der Waals surface area (Å²) in [4.78, 5) is 24.2. The second-order valence-electron chi connectivity index (χ2n) is 5.85. The zero-order chi connectivity index (χ0) is 17.6. The molecule has 0 saturated carbocycles. The lowest BCUT2D eigenvalue weighted by atomic mass is 10.2. The van der Waals surface area contributed by atoms with Gasteiger partial charge in [0.25, 0.3) is 0 Å². The Morgan fingerprint density at radius 1 is 1.17 bits per heavy atom. The van der Waals surface area contributed by atoms with Crippen molar-refractivity contribution in [1.82, 2.24) is 15.0 Å². The molecule has 1 aromatic heterocycles. The molecule has 1 aromatic carbocycles. The highest BCUT2D eigenvalue weighted by atomic mass is 16.6. The summed E-state index contributed by atoms with van der Waals surface area (Å²) in [7, 11) is 0. The third kappa shape index (κ3) is 5.53. The van der Waals surface area contributed by atoms with Crippen molar-refractivity contribution in [3.05, 3.63) is 36.2 Å². The fraction of sp³-hybridized carbons (Fsp3) is 0.312. The van der Waals surface area contributed by atoms with Crippen LogP contribution >= 0.6 is 0 Å². The SMILES string of the molecule is CC(C)(C)OC(=O)Nc1nc(CC#N)nc(Nc2ccccc2)n1. The summed E-state index contributed by atoms with van der Waals surface area (Å²) in [6, 6.07) is 11.3. The van der Waals surface area contributed by atoms with Gasteiger partial charge in [-0.2, -0.15) is 20.2 Å². The van der Waals surface area contributed by atoms with Crippen molar-refractivity contribution in [2.75, 3.05) is 10.6 Å². The van der Waals surface area contributed by atoms with Crippen molar-refractivity contribution >= 4 is 23.7 Å². The highest BCUT2D eigenvalue weighted by molar-refractivity contribution is 5.82. The predicted molar refractivity (Wildman–Crippen MR) is 88.7 cm³/mol. The normalized spacial score (nSPS) is 10.6. The summed E-state index contributed by atoms with van der Waals surface area (Å²) < 4.78 is 5.16. The van der Waals surface area contributed by atoms with Crippen molar-refractivity contribution in [2.24, 2.45) is 0 Å². The molecule has 2 rings (SSSR count). The summed E-state index contributed by atoms with van der Waals surface area (Å²) >= 11 is 0. The Kier molecular flexibility index (Phi) is 5.27. The number of carbonyl (C=O) groups excluding carboxylic acids is 1. The molecule has 0 saturated heterocycles. The van der Waals surface area contributed by atoms with Gasteiger partial charge in [0, 0.05) is 5.69 Å². The van der Waals surface area contributed by atoms with Gasteiger partial charge in [-0.15, -0.1) is 0 Å². The van der Waals surface area contributed by atoms with Crippen LogP contribution in [0, 0.1) is 11.3 Å². The predicted octanol–water partition coefficient (Wildman–Crippen LogP) is 3.03. The van der Waals surface area contributed by atoms with Crippen molar-refractivity contribution in [3.8, 4) is 6.07 Å². The summed E-state index contributed by atoms with van der Waals surface area (Å²) in [5.41, 5.74) is 0.132. The van der Waals surface area contributed by atoms with Crippen LogP contribution in [-0.4, -0.2) is 26.6 Å². The molecule has 2 aromatic rings. The molecule has 1 heterocycles. The summed E-state index contributed by atoms with van der Waals surface area (Å²) in [5.74, 6) is 0.493. The Hall–Kier alpha value is -3.21. The number of benzene rings is 1. The smallest absolute Gasteiger partial charge is 0.414 e. The van der Waals surface area contributed by atoms with Gasteiger partial charge in [-0.3, -0.25) is 5.32 Å². The van der Waals surface area contributed by atoms with Crippen LogP contribution in [0.3, 0.4) is 0 Å². The number of aromatic nitrogens is 3. The molecule has 0 aliphatic rings. The standard InChI is InChI=1S/C16H18N6O2/c1-16(2,3)24-15(23)22-14-20-12(9-10-17)19-13(21-14)18-11-7-5-4-6-8-11/h4-8H,9H2,1-3H3,(H2,18,19,20,21,22,23). The minimum absolute atomic E-state index is 0.00497. The Labute approximate surface area is 139 Å². The molecule has 0 aliphatic carbocycles. The number of nitriles is 1. The largest absolute Gasteiger partial charge is 0.444 e. The molecule has 0 unspecified atom stereocenters. The van der Waals surface area contributed by atoms with E-state index >= 15 is 0 Å². The van der Waals surface area contributed by atoms with Gasteiger partial charge in [0.15, 0.2) is 0 Å². The van der Waals surface area contributed by atoms with Crippen molar-refractivity contribution < 1.29 is 9.53 Å². The van der Waals surface area contributed by atoms with Crippen molar-refractivity contribution in [3.63, 3.8) is 0 Å². The summed E-state index contributed by atoms with van der Waals surface area (Å²) in [6.07, 6.45) is -0.683. The average molecular weight is 326 g/mol. The van der Waals surface area contributed by atoms with Crippen LogP contribution in [0.25, 0.3) is 0 Å². The molecule has 124 valence electrons. The second kappa shape index (κ2) is 7.37. The van der Waals surface area contributed by atoms with Gasteiger partial charge in [-0.05, 0) is 32.9 Å². The number of amides is 1. The first-order valence-corrected chi connectivity index (χ1v) is 7.30. The first-order chi connectivity index (χ1) is 11.4. The number of nitrogens with one attached hydrogen (secondary N) is 2. The lowest BCUT2D eigenvalue weighted by Gasteiger charge is -2.19. The summed E-state index contributed by atoms with van der Waals surface area (Å²) in [5, 5.41) is 14.3. The van der Waals surface area contributed by atoms with Gasteiger partial charge in [0.1, 0.15) is 11.4 Å². The first-order valence-electron chi connectivity index (χ1n) is 7.30. The highest BCUT2D eigenvalue weighted by Crippen LogP contribution is 2.15. The number of anilines is 3. The molecule has 0 bridgehead atoms. The van der Waals surface area contributed by atoms with Gasteiger partial charge in [0.2, 0.25) is 11.9 Å². The quantitative estimate of drug-likeness (QED) is 0.887. The van der Waals surface area contributed by atoms with E-state index in [1.807, 2.05) is 36.4 Å². The molecule has 0 spiro atoms. The summed E-state index contributed by atoms with van der Waals surface area (Å²) in [6.45, 7) is 5.26. The van der Waals surface area contributed by atoms with Gasteiger partial charge in [-0.25, -0.2) is 4.79 Å². The van der Waals surface area contributed by atoms with E-state index < -0.39 is 11.7 Å². The number of para-hydroxylation sites is 1. The average Bonchev–Trinajstić information content (AvgIpc) is 2.46. The molecule has 0 radical (unpaired) electrons. The lowest BCUT2D eigenvalue weighted by molar-refractivity contribution is 0.0634. The van der Waals surface area contributed by atoms with Crippen LogP contribution in [0.4, 0.5) is 22.4 Å². The van der Waals surface area contributed by atoms with E-state index in [0.29, 0.717) is 0 Å². The van der Waals surface area contributed by atoms with Crippen LogP contribution in [0.5, 0.6) is 0 Å². The third-order valence-electron chi connectivity index (χ3n) is 2.56. The molecule has 24 heavy (non-hydrogen) atoms. The Morgan fingerprint density at radius 2 is 1.83 bits per heavy atom. The van der Waals surface area contributed by atoms with Gasteiger partial charge >= 0.3 is 6.09 Å². The van der Waals surface area contributed by atoms with E-state index in [4.69, 9.17) is 10.00 Å². The number of hydrogen-bond donors (Lipinski definition) is 2. The number of nitrogens with zero attached hydrogens (tertiary/aromatic N) is 4. The molecule has 8 nitrogen and oxygen atoms in total. The molecule has 1 amide bonds. The Bertz CT molecular complexity index is 749. The minimum Gasteiger partial charge on any atom is -0.444 e. The number of carbonyl (C=O) groups is 1. The van der Waals surface area contributed by atoms with E-state index in [1.165, 1.54) is 0 Å². The van der Waals surface area contributed by atoms with Gasteiger partial charge < -0.3 is 10.1 Å². The Balaban J connectivity index is 2.21. The van der Waals surface area contributed by atoms with E-state index in [2.05, 4.69) is 25.6 Å². The van der Waals surface area contributed by atoms with E-state index in [9.17, 15) is 4.79 Å². The zero-order valence-corrected chi connectivity index (χ0v) is 13.7. The molecule has 0 aliphatic heterocycles. The second-order valence-corrected chi connectivity index (χ2v) is 5.85. The van der Waals surface area contributed by atoms with Crippen LogP contribution in [0.2, 0.25) is 0 Å². The van der Waals surface area contributed by atoms with E-state index in [0.717, 1.165) is 5.69 Å². The monoisotopic (exact) mass is 326 g/mol. The van der Waals surface area contributed by atoms with Crippen LogP contribution in [-0.2, 0) is 11.2 Å². The molecule has 0 fully saturated rings. The number of ether oxygens (including phenoxy) is 1. The van der Waals surface area contributed by atoms with Gasteiger partial charge in [-0.1, -0.05) is 18.2 Å². The van der Waals surface area contributed by atoms with Crippen LogP contribution in [0.1, 0.15) is 26.6 Å². The molecule has 2 N–H and O–H groups in total. The lowest BCUT2D eigenvalue weighted by Crippen LogP contribution is -2.28. The molecular weight excluding hydrogens is 308 g/mol. The maximum atomic E-state index is 11.8. The van der Waals surface area contributed by atoms with Crippen LogP contribution in [0.15, 0.2) is 30.3 Å². The third-order valence-corrected chi connectivity index (χ3v) is 2.56. The number of hydrogen-bond acceptors (Lipinski definition) is 7. The maximum Gasteiger partial charge on any atom is 0.414 e. The fourth-order valence-corrected chi connectivity index (χ4v) is 1.73. The molecule has 8 heteroatoms.